The summed E-state index contributed by atoms with van der Waals surface area (Å²) in [5.74, 6) is -0.0564. The Labute approximate surface area is 254 Å². The van der Waals surface area contributed by atoms with Crippen molar-refractivity contribution in [3.63, 3.8) is 0 Å². The molecule has 0 saturated carbocycles. The first-order valence-corrected chi connectivity index (χ1v) is 15.8. The van der Waals surface area contributed by atoms with Crippen molar-refractivity contribution < 1.29 is 22.7 Å². The molecule has 0 saturated heterocycles. The minimum absolute atomic E-state index is 0.0530. The number of ether oxygens (including phenoxy) is 1. The summed E-state index contributed by atoms with van der Waals surface area (Å²) in [4.78, 5) is 29.0. The number of nitrogens with zero attached hydrogens (tertiary/aromatic N) is 2. The van der Waals surface area contributed by atoms with Gasteiger partial charge >= 0.3 is 0 Å². The van der Waals surface area contributed by atoms with E-state index in [0.717, 1.165) is 22.4 Å². The molecule has 0 unspecified atom stereocenters. The van der Waals surface area contributed by atoms with Crippen LogP contribution in [0.1, 0.15) is 34.0 Å². The van der Waals surface area contributed by atoms with Crippen LogP contribution in [0.4, 0.5) is 5.69 Å². The quantitative estimate of drug-likeness (QED) is 0.204. The van der Waals surface area contributed by atoms with E-state index in [9.17, 15) is 18.0 Å². The number of sulfone groups is 1. The smallest absolute Gasteiger partial charge is 0.253 e. The van der Waals surface area contributed by atoms with Gasteiger partial charge in [0.1, 0.15) is 16.4 Å². The summed E-state index contributed by atoms with van der Waals surface area (Å²) in [5, 5.41) is 0. The van der Waals surface area contributed by atoms with Crippen molar-refractivity contribution >= 4 is 27.2 Å². The summed E-state index contributed by atoms with van der Waals surface area (Å²) in [5.41, 5.74) is 5.22. The third-order valence-electron chi connectivity index (χ3n) is 7.01. The predicted octanol–water partition coefficient (Wildman–Crippen LogP) is 5.85. The maximum atomic E-state index is 13.8. The Morgan fingerprint density at radius 2 is 1.35 bits per heavy atom. The number of anilines is 1. The Hall–Kier alpha value is -4.43. The van der Waals surface area contributed by atoms with Crippen molar-refractivity contribution in [3.8, 4) is 16.9 Å². The van der Waals surface area contributed by atoms with Crippen molar-refractivity contribution in [1.29, 1.82) is 0 Å². The van der Waals surface area contributed by atoms with Gasteiger partial charge in [-0.15, -0.1) is 0 Å². The van der Waals surface area contributed by atoms with Crippen LogP contribution in [0.5, 0.6) is 5.75 Å². The van der Waals surface area contributed by atoms with E-state index in [1.165, 1.54) is 4.90 Å². The van der Waals surface area contributed by atoms with Crippen molar-refractivity contribution in [3.05, 3.63) is 113 Å². The van der Waals surface area contributed by atoms with E-state index in [1.807, 2.05) is 55.4 Å². The van der Waals surface area contributed by atoms with Crippen LogP contribution in [0.15, 0.2) is 95.9 Å². The molecule has 224 valence electrons. The van der Waals surface area contributed by atoms with E-state index in [1.54, 1.807) is 75.6 Å². The molecule has 43 heavy (non-hydrogen) atoms. The maximum Gasteiger partial charge on any atom is 0.253 e. The van der Waals surface area contributed by atoms with Gasteiger partial charge in [-0.1, -0.05) is 54.6 Å². The van der Waals surface area contributed by atoms with Crippen LogP contribution in [0.3, 0.4) is 0 Å². The Kier molecular flexibility index (Phi) is 10.0. The summed E-state index contributed by atoms with van der Waals surface area (Å²) >= 11 is 0. The van der Waals surface area contributed by atoms with Gasteiger partial charge in [-0.05, 0) is 71.1 Å². The maximum absolute atomic E-state index is 13.8. The summed E-state index contributed by atoms with van der Waals surface area (Å²) in [7, 11) is 3.46. The number of Topliss-reactive ketones (excluding diaryl/α,β-unsaturated/α-hetero) is 1. The zero-order valence-electron chi connectivity index (χ0n) is 25.3. The Morgan fingerprint density at radius 3 is 2.02 bits per heavy atom. The molecule has 0 aliphatic rings. The van der Waals surface area contributed by atoms with Crippen molar-refractivity contribution in [2.24, 2.45) is 0 Å². The van der Waals surface area contributed by atoms with Gasteiger partial charge < -0.3 is 14.5 Å². The molecule has 0 aliphatic heterocycles. The topological polar surface area (TPSA) is 84.0 Å². The van der Waals surface area contributed by atoms with Crippen LogP contribution in [0.25, 0.3) is 11.1 Å². The van der Waals surface area contributed by atoms with Gasteiger partial charge in [-0.2, -0.15) is 0 Å². The summed E-state index contributed by atoms with van der Waals surface area (Å²) < 4.78 is 33.3. The number of hydrogen-bond donors (Lipinski definition) is 0. The minimum atomic E-state index is -3.83. The van der Waals surface area contributed by atoms with Gasteiger partial charge in [0, 0.05) is 52.3 Å². The van der Waals surface area contributed by atoms with Crippen LogP contribution < -0.4 is 9.64 Å². The second-order valence-corrected chi connectivity index (χ2v) is 12.9. The molecule has 0 N–H and O–H groups in total. The SMILES string of the molecule is CCOc1ccc(-c2cccc(C(=O)N(C)C)c2)cc1S(=O)(=O)Cc1cccc(CC(=O)Cc2cccc(N(C)C)c2)c1. The molecular formula is C35H38N2O5S. The van der Waals surface area contributed by atoms with E-state index in [0.29, 0.717) is 29.7 Å². The van der Waals surface area contributed by atoms with Gasteiger partial charge in [0.05, 0.1) is 12.4 Å². The number of benzene rings is 4. The standard InChI is InChI=1S/C35H38N2O5S/c1-6-42-33-17-16-29(28-13-9-14-30(22-28)35(39)37(4)5)23-34(33)43(40,41)24-27-12-7-10-25(18-27)20-32(38)21-26-11-8-15-31(19-26)36(2)3/h7-19,22-23H,6,20-21,24H2,1-5H3. The lowest BCUT2D eigenvalue weighted by atomic mass is 10.0. The van der Waals surface area contributed by atoms with Gasteiger partial charge in [-0.25, -0.2) is 8.42 Å². The first-order valence-electron chi connectivity index (χ1n) is 14.1. The number of hydrogen-bond acceptors (Lipinski definition) is 6. The molecule has 0 radical (unpaired) electrons. The van der Waals surface area contributed by atoms with Crippen molar-refractivity contribution in [2.75, 3.05) is 39.7 Å². The average molecular weight is 599 g/mol. The lowest BCUT2D eigenvalue weighted by Gasteiger charge is -2.15. The molecule has 4 rings (SSSR count). The van der Waals surface area contributed by atoms with E-state index in [4.69, 9.17) is 4.74 Å². The third-order valence-corrected chi connectivity index (χ3v) is 8.71. The summed E-state index contributed by atoms with van der Waals surface area (Å²) in [6, 6.07) is 27.2. The van der Waals surface area contributed by atoms with Crippen LogP contribution in [-0.2, 0) is 33.2 Å². The number of carbonyl (C=O) groups is 2. The first-order chi connectivity index (χ1) is 20.5. The zero-order chi connectivity index (χ0) is 31.1. The van der Waals surface area contributed by atoms with Crippen LogP contribution in [-0.4, -0.2) is 59.8 Å². The molecule has 0 aromatic heterocycles. The molecule has 8 heteroatoms. The molecule has 0 spiro atoms. The first kappa shape index (κ1) is 31.5. The molecule has 0 fully saturated rings. The average Bonchev–Trinajstić information content (AvgIpc) is 2.97. The molecule has 0 atom stereocenters. The van der Waals surface area contributed by atoms with E-state index in [-0.39, 0.29) is 34.5 Å². The Bertz CT molecular complexity index is 1730. The molecule has 0 bridgehead atoms. The second kappa shape index (κ2) is 13.7. The molecule has 4 aromatic carbocycles. The van der Waals surface area contributed by atoms with Gasteiger partial charge in [0.25, 0.3) is 5.91 Å². The zero-order valence-corrected chi connectivity index (χ0v) is 26.1. The molecular weight excluding hydrogens is 560 g/mol. The highest BCUT2D eigenvalue weighted by atomic mass is 32.2. The Morgan fingerprint density at radius 1 is 0.721 bits per heavy atom. The van der Waals surface area contributed by atoms with E-state index in [2.05, 4.69) is 0 Å². The highest BCUT2D eigenvalue weighted by Gasteiger charge is 2.22. The van der Waals surface area contributed by atoms with Crippen molar-refractivity contribution in [2.45, 2.75) is 30.4 Å². The molecule has 1 amide bonds. The lowest BCUT2D eigenvalue weighted by Crippen LogP contribution is -2.21. The molecule has 4 aromatic rings. The molecule has 7 nitrogen and oxygen atoms in total. The monoisotopic (exact) mass is 598 g/mol. The fraction of sp³-hybridized carbons (Fsp3) is 0.257. The highest BCUT2D eigenvalue weighted by molar-refractivity contribution is 7.90. The summed E-state index contributed by atoms with van der Waals surface area (Å²) in [6.45, 7) is 2.11. The lowest BCUT2D eigenvalue weighted by molar-refractivity contribution is -0.117. The fourth-order valence-electron chi connectivity index (χ4n) is 4.88. The summed E-state index contributed by atoms with van der Waals surface area (Å²) in [6.07, 6.45) is 0.512. The van der Waals surface area contributed by atoms with Gasteiger partial charge in [0.2, 0.25) is 0 Å². The second-order valence-electron chi connectivity index (χ2n) is 10.9. The Balaban J connectivity index is 1.57. The number of ketones is 1. The molecule has 0 heterocycles. The van der Waals surface area contributed by atoms with E-state index >= 15 is 0 Å². The highest BCUT2D eigenvalue weighted by Crippen LogP contribution is 2.33. The largest absolute Gasteiger partial charge is 0.493 e. The minimum Gasteiger partial charge on any atom is -0.493 e. The normalized spacial score (nSPS) is 11.2. The fourth-order valence-corrected chi connectivity index (χ4v) is 6.40. The van der Waals surface area contributed by atoms with Crippen molar-refractivity contribution in [1.82, 2.24) is 4.90 Å². The molecule has 0 aliphatic carbocycles. The van der Waals surface area contributed by atoms with Crippen LogP contribution in [0.2, 0.25) is 0 Å². The van der Waals surface area contributed by atoms with Gasteiger partial charge in [0.15, 0.2) is 9.84 Å². The number of rotatable bonds is 12. The van der Waals surface area contributed by atoms with E-state index < -0.39 is 9.84 Å². The number of carbonyl (C=O) groups excluding carboxylic acids is 2. The number of amides is 1. The third kappa shape index (κ3) is 8.11. The van der Waals surface area contributed by atoms with Crippen LogP contribution >= 0.6 is 0 Å². The predicted molar refractivity (Wildman–Crippen MR) is 172 cm³/mol. The van der Waals surface area contributed by atoms with Crippen LogP contribution in [0, 0.1) is 0 Å². The van der Waals surface area contributed by atoms with Gasteiger partial charge in [-0.3, -0.25) is 9.59 Å².